The molecular weight excluding hydrogens is 373 g/mol. The zero-order valence-electron chi connectivity index (χ0n) is 15.6. The fraction of sp³-hybridized carbons (Fsp3) is 0.400. The molecule has 0 saturated heterocycles. The van der Waals surface area contributed by atoms with Crippen molar-refractivity contribution in [2.24, 2.45) is 0 Å². The van der Waals surface area contributed by atoms with Crippen LogP contribution in [0, 0.1) is 0 Å². The molecule has 0 saturated carbocycles. The second-order valence-electron chi connectivity index (χ2n) is 6.31. The van der Waals surface area contributed by atoms with E-state index in [1.165, 1.54) is 12.1 Å². The molecule has 8 heteroatoms. The Morgan fingerprint density at radius 3 is 2.61 bits per heavy atom. The van der Waals surface area contributed by atoms with Crippen molar-refractivity contribution in [1.29, 1.82) is 0 Å². The van der Waals surface area contributed by atoms with E-state index in [0.717, 1.165) is 36.7 Å². The van der Waals surface area contributed by atoms with Crippen LogP contribution in [0.1, 0.15) is 43.0 Å². The van der Waals surface area contributed by atoms with Crippen molar-refractivity contribution in [1.82, 2.24) is 9.78 Å². The normalized spacial score (nSPS) is 11.9. The predicted octanol–water partition coefficient (Wildman–Crippen LogP) is 4.70. The van der Waals surface area contributed by atoms with E-state index in [0.29, 0.717) is 37.4 Å². The third-order valence-corrected chi connectivity index (χ3v) is 4.03. The molecule has 1 N–H and O–H groups in total. The molecule has 5 nitrogen and oxygen atoms in total. The van der Waals surface area contributed by atoms with Crippen molar-refractivity contribution in [2.75, 3.05) is 6.61 Å². The largest absolute Gasteiger partial charge is 0.478 e. The number of ether oxygens (including phenoxy) is 1. The van der Waals surface area contributed by atoms with E-state index in [1.54, 1.807) is 16.8 Å². The molecule has 0 spiro atoms. The van der Waals surface area contributed by atoms with Crippen molar-refractivity contribution in [3.05, 3.63) is 59.3 Å². The summed E-state index contributed by atoms with van der Waals surface area (Å²) in [5, 5.41) is 13.1. The lowest BCUT2D eigenvalue weighted by Crippen LogP contribution is -2.08. The highest BCUT2D eigenvalue weighted by atomic mass is 19.4. The number of carboxylic acid groups (broad SMARTS) is 1. The van der Waals surface area contributed by atoms with Gasteiger partial charge in [0.2, 0.25) is 5.88 Å². The van der Waals surface area contributed by atoms with Crippen LogP contribution in [0.15, 0.2) is 42.5 Å². The summed E-state index contributed by atoms with van der Waals surface area (Å²) < 4.78 is 45.4. The number of rotatable bonds is 10. The molecule has 0 aliphatic heterocycles. The van der Waals surface area contributed by atoms with Gasteiger partial charge in [-0.2, -0.15) is 13.2 Å². The van der Waals surface area contributed by atoms with Gasteiger partial charge in [0.05, 0.1) is 18.7 Å². The van der Waals surface area contributed by atoms with Crippen molar-refractivity contribution < 1.29 is 27.8 Å². The van der Waals surface area contributed by atoms with Crippen LogP contribution in [0.3, 0.4) is 0 Å². The highest BCUT2D eigenvalue weighted by molar-refractivity contribution is 5.79. The number of nitrogens with zero attached hydrogens (tertiary/aromatic N) is 2. The maximum atomic E-state index is 12.7. The fourth-order valence-corrected chi connectivity index (χ4v) is 2.55. The van der Waals surface area contributed by atoms with Crippen LogP contribution in [-0.2, 0) is 23.9 Å². The predicted molar refractivity (Wildman–Crippen MR) is 98.3 cm³/mol. The number of halogens is 3. The van der Waals surface area contributed by atoms with Gasteiger partial charge >= 0.3 is 12.1 Å². The van der Waals surface area contributed by atoms with Gasteiger partial charge in [-0.25, -0.2) is 4.79 Å². The van der Waals surface area contributed by atoms with Crippen LogP contribution in [0.5, 0.6) is 5.88 Å². The SMILES string of the molecule is CCCCOc1cc(CC/C=C/C(=O)O)n(Cc2ccc(C(F)(F)F)cc2)n1. The summed E-state index contributed by atoms with van der Waals surface area (Å²) in [5.41, 5.74) is 0.805. The summed E-state index contributed by atoms with van der Waals surface area (Å²) >= 11 is 0. The van der Waals surface area contributed by atoms with Crippen LogP contribution in [-0.4, -0.2) is 27.5 Å². The number of carbonyl (C=O) groups is 1. The number of alkyl halides is 3. The summed E-state index contributed by atoms with van der Waals surface area (Å²) in [6.45, 7) is 2.88. The Morgan fingerprint density at radius 2 is 2.00 bits per heavy atom. The Balaban J connectivity index is 2.13. The average molecular weight is 396 g/mol. The van der Waals surface area contributed by atoms with E-state index in [-0.39, 0.29) is 0 Å². The van der Waals surface area contributed by atoms with E-state index >= 15 is 0 Å². The van der Waals surface area contributed by atoms with Gasteiger partial charge in [0, 0.05) is 17.8 Å². The molecule has 2 aromatic rings. The number of hydrogen-bond donors (Lipinski definition) is 1. The fourth-order valence-electron chi connectivity index (χ4n) is 2.55. The van der Waals surface area contributed by atoms with Crippen LogP contribution < -0.4 is 4.74 Å². The van der Waals surface area contributed by atoms with Crippen LogP contribution in [0.4, 0.5) is 13.2 Å². The van der Waals surface area contributed by atoms with Crippen molar-refractivity contribution in [3.63, 3.8) is 0 Å². The van der Waals surface area contributed by atoms with Gasteiger partial charge in [0.1, 0.15) is 0 Å². The number of unbranched alkanes of at least 4 members (excludes halogenated alkanes) is 1. The van der Waals surface area contributed by atoms with Crippen molar-refractivity contribution >= 4 is 5.97 Å². The first-order valence-corrected chi connectivity index (χ1v) is 9.04. The Morgan fingerprint density at radius 1 is 1.29 bits per heavy atom. The lowest BCUT2D eigenvalue weighted by atomic mass is 10.1. The highest BCUT2D eigenvalue weighted by Gasteiger charge is 2.29. The maximum absolute atomic E-state index is 12.7. The summed E-state index contributed by atoms with van der Waals surface area (Å²) in [5.74, 6) is -0.556. The molecule has 0 aliphatic carbocycles. The zero-order chi connectivity index (χ0) is 20.6. The van der Waals surface area contributed by atoms with E-state index < -0.39 is 17.7 Å². The Labute approximate surface area is 161 Å². The molecular formula is C20H23F3N2O3. The standard InChI is InChI=1S/C20H23F3N2O3/c1-2-3-12-28-18-13-17(6-4-5-7-19(26)27)25(24-18)14-15-8-10-16(11-9-15)20(21,22)23/h5,7-11,13H,2-4,6,12,14H2,1H3,(H,26,27)/b7-5+. The van der Waals surface area contributed by atoms with E-state index in [1.807, 2.05) is 6.92 Å². The van der Waals surface area contributed by atoms with Crippen LogP contribution in [0.25, 0.3) is 0 Å². The lowest BCUT2D eigenvalue weighted by molar-refractivity contribution is -0.137. The minimum Gasteiger partial charge on any atom is -0.478 e. The maximum Gasteiger partial charge on any atom is 0.416 e. The average Bonchev–Trinajstić information content (AvgIpc) is 3.00. The Hall–Kier alpha value is -2.77. The molecule has 0 bridgehead atoms. The molecule has 1 heterocycles. The number of carboxylic acids is 1. The topological polar surface area (TPSA) is 64.3 Å². The van der Waals surface area contributed by atoms with E-state index in [9.17, 15) is 18.0 Å². The summed E-state index contributed by atoms with van der Waals surface area (Å²) in [6, 6.07) is 6.74. The number of allylic oxidation sites excluding steroid dienone is 1. The first-order chi connectivity index (χ1) is 13.3. The van der Waals surface area contributed by atoms with Gasteiger partial charge in [-0.15, -0.1) is 5.10 Å². The lowest BCUT2D eigenvalue weighted by Gasteiger charge is -2.09. The summed E-state index contributed by atoms with van der Waals surface area (Å²) in [4.78, 5) is 10.6. The van der Waals surface area contributed by atoms with E-state index in [4.69, 9.17) is 9.84 Å². The smallest absolute Gasteiger partial charge is 0.416 e. The third kappa shape index (κ3) is 6.75. The quantitative estimate of drug-likeness (QED) is 0.467. The van der Waals surface area contributed by atoms with Crippen LogP contribution >= 0.6 is 0 Å². The summed E-state index contributed by atoms with van der Waals surface area (Å²) in [7, 11) is 0. The molecule has 0 aliphatic rings. The number of aromatic nitrogens is 2. The molecule has 0 radical (unpaired) electrons. The molecule has 0 amide bonds. The second kappa shape index (κ2) is 9.96. The number of benzene rings is 1. The zero-order valence-corrected chi connectivity index (χ0v) is 15.6. The molecule has 0 atom stereocenters. The van der Waals surface area contributed by atoms with Crippen molar-refractivity contribution in [3.8, 4) is 5.88 Å². The molecule has 1 aromatic heterocycles. The Kier molecular flexibility index (Phi) is 7.66. The molecule has 152 valence electrons. The molecule has 0 unspecified atom stereocenters. The van der Waals surface area contributed by atoms with Gasteiger partial charge in [0.15, 0.2) is 0 Å². The highest BCUT2D eigenvalue weighted by Crippen LogP contribution is 2.29. The Bertz CT molecular complexity index is 796. The van der Waals surface area contributed by atoms with Gasteiger partial charge in [-0.3, -0.25) is 4.68 Å². The van der Waals surface area contributed by atoms with Gasteiger partial charge in [0.25, 0.3) is 0 Å². The summed E-state index contributed by atoms with van der Waals surface area (Å²) in [6.07, 6.45) is 1.17. The van der Waals surface area contributed by atoms with E-state index in [2.05, 4.69) is 5.10 Å². The molecule has 1 aromatic carbocycles. The molecule has 2 rings (SSSR count). The first-order valence-electron chi connectivity index (χ1n) is 9.04. The van der Waals surface area contributed by atoms with Gasteiger partial charge in [-0.1, -0.05) is 31.6 Å². The first kappa shape index (κ1) is 21.5. The minimum atomic E-state index is -4.37. The van der Waals surface area contributed by atoms with Crippen molar-refractivity contribution in [2.45, 2.75) is 45.3 Å². The number of aryl methyl sites for hydroxylation is 1. The molecule has 28 heavy (non-hydrogen) atoms. The van der Waals surface area contributed by atoms with Gasteiger partial charge in [-0.05, 0) is 37.0 Å². The van der Waals surface area contributed by atoms with Gasteiger partial charge < -0.3 is 9.84 Å². The third-order valence-electron chi connectivity index (χ3n) is 4.03. The number of aliphatic carboxylic acids is 1. The second-order valence-corrected chi connectivity index (χ2v) is 6.31. The van der Waals surface area contributed by atoms with Crippen LogP contribution in [0.2, 0.25) is 0 Å². The molecule has 0 fully saturated rings. The number of hydrogen-bond acceptors (Lipinski definition) is 3. The minimum absolute atomic E-state index is 0.299. The monoisotopic (exact) mass is 396 g/mol.